The number of piperazine rings is 1. The molecule has 1 aromatic carbocycles. The molecule has 130 valence electrons. The van der Waals surface area contributed by atoms with Crippen molar-refractivity contribution in [2.75, 3.05) is 38.5 Å². The van der Waals surface area contributed by atoms with Crippen LogP contribution in [0.5, 0.6) is 0 Å². The van der Waals surface area contributed by atoms with Gasteiger partial charge in [-0.15, -0.1) is 11.3 Å². The predicted molar refractivity (Wildman–Crippen MR) is 99.5 cm³/mol. The van der Waals surface area contributed by atoms with Crippen LogP contribution in [0.25, 0.3) is 0 Å². The maximum absolute atomic E-state index is 12.3. The second kappa shape index (κ2) is 7.97. The van der Waals surface area contributed by atoms with Crippen LogP contribution in [0.3, 0.4) is 0 Å². The van der Waals surface area contributed by atoms with Gasteiger partial charge in [-0.25, -0.2) is 8.42 Å². The van der Waals surface area contributed by atoms with Crippen molar-refractivity contribution in [3.05, 3.63) is 51.7 Å². The first kappa shape index (κ1) is 17.9. The van der Waals surface area contributed by atoms with Crippen LogP contribution in [0.15, 0.2) is 47.4 Å². The Morgan fingerprint density at radius 2 is 1.62 bits per heavy atom. The lowest BCUT2D eigenvalue weighted by atomic mass is 10.3. The van der Waals surface area contributed by atoms with Gasteiger partial charge < -0.3 is 0 Å². The second-order valence-electron chi connectivity index (χ2n) is 5.96. The van der Waals surface area contributed by atoms with Crippen LogP contribution in [-0.4, -0.2) is 56.7 Å². The molecule has 1 saturated heterocycles. The van der Waals surface area contributed by atoms with Crippen LogP contribution in [0, 0.1) is 0 Å². The molecule has 24 heavy (non-hydrogen) atoms. The summed E-state index contributed by atoms with van der Waals surface area (Å²) in [6.45, 7) is 5.25. The summed E-state index contributed by atoms with van der Waals surface area (Å²) in [6, 6.07) is 12.7. The van der Waals surface area contributed by atoms with Gasteiger partial charge in [0.05, 0.1) is 15.0 Å². The first-order valence-corrected chi connectivity index (χ1v) is 10.8. The molecule has 0 bridgehead atoms. The summed E-state index contributed by atoms with van der Waals surface area (Å²) in [6.07, 6.45) is 0. The number of sulfone groups is 1. The Balaban J connectivity index is 1.45. The Bertz CT molecular complexity index is 754. The largest absolute Gasteiger partial charge is 0.300 e. The molecule has 2 aromatic rings. The van der Waals surface area contributed by atoms with Crippen LogP contribution in [0.2, 0.25) is 4.34 Å². The topological polar surface area (TPSA) is 40.6 Å². The van der Waals surface area contributed by atoms with Crippen LogP contribution in [0.4, 0.5) is 0 Å². The summed E-state index contributed by atoms with van der Waals surface area (Å²) < 4.78 is 25.5. The summed E-state index contributed by atoms with van der Waals surface area (Å²) >= 11 is 7.59. The van der Waals surface area contributed by atoms with Crippen LogP contribution in [-0.2, 0) is 16.4 Å². The van der Waals surface area contributed by atoms with Crippen molar-refractivity contribution < 1.29 is 8.42 Å². The lowest BCUT2D eigenvalue weighted by Gasteiger charge is -2.34. The smallest absolute Gasteiger partial charge is 0.179 e. The molecule has 1 fully saturated rings. The first-order valence-electron chi connectivity index (χ1n) is 8.00. The van der Waals surface area contributed by atoms with Gasteiger partial charge >= 0.3 is 0 Å². The van der Waals surface area contributed by atoms with Crippen molar-refractivity contribution >= 4 is 32.8 Å². The fraction of sp³-hybridized carbons (Fsp3) is 0.412. The van der Waals surface area contributed by atoms with Crippen molar-refractivity contribution in [3.63, 3.8) is 0 Å². The normalized spacial score (nSPS) is 17.2. The van der Waals surface area contributed by atoms with Crippen molar-refractivity contribution in [1.82, 2.24) is 9.80 Å². The average molecular weight is 385 g/mol. The van der Waals surface area contributed by atoms with E-state index < -0.39 is 9.84 Å². The maximum atomic E-state index is 12.3. The maximum Gasteiger partial charge on any atom is 0.179 e. The standard InChI is InChI=1S/C17H21ClN2O2S2/c18-17-7-6-15(23-17)14-20-10-8-19(9-11-20)12-13-24(21,22)16-4-2-1-3-5-16/h1-7H,8-14H2. The van der Waals surface area contributed by atoms with E-state index >= 15 is 0 Å². The molecular formula is C17H21ClN2O2S2. The molecule has 7 heteroatoms. The molecule has 1 aliphatic rings. The van der Waals surface area contributed by atoms with Crippen molar-refractivity contribution in [2.45, 2.75) is 11.4 Å². The molecule has 4 nitrogen and oxygen atoms in total. The average Bonchev–Trinajstić information content (AvgIpc) is 3.00. The quantitative estimate of drug-likeness (QED) is 0.767. The van der Waals surface area contributed by atoms with Gasteiger partial charge in [-0.3, -0.25) is 9.80 Å². The van der Waals surface area contributed by atoms with E-state index in [0.717, 1.165) is 37.1 Å². The van der Waals surface area contributed by atoms with E-state index in [9.17, 15) is 8.42 Å². The first-order chi connectivity index (χ1) is 11.5. The Morgan fingerprint density at radius 3 is 2.25 bits per heavy atom. The number of hydrogen-bond acceptors (Lipinski definition) is 5. The van der Waals surface area contributed by atoms with Gasteiger partial charge in [0.25, 0.3) is 0 Å². The fourth-order valence-electron chi connectivity index (χ4n) is 2.82. The number of rotatable bonds is 6. The SMILES string of the molecule is O=S(=O)(CCN1CCN(Cc2ccc(Cl)s2)CC1)c1ccccc1. The van der Waals surface area contributed by atoms with E-state index in [1.807, 2.05) is 12.1 Å². The molecule has 0 atom stereocenters. The van der Waals surface area contributed by atoms with E-state index in [-0.39, 0.29) is 5.75 Å². The molecule has 1 aromatic heterocycles. The van der Waals surface area contributed by atoms with Gasteiger partial charge in [0, 0.05) is 44.1 Å². The van der Waals surface area contributed by atoms with E-state index in [1.54, 1.807) is 35.6 Å². The van der Waals surface area contributed by atoms with Gasteiger partial charge in [-0.05, 0) is 24.3 Å². The highest BCUT2D eigenvalue weighted by Gasteiger charge is 2.20. The summed E-state index contributed by atoms with van der Waals surface area (Å²) in [5.74, 6) is 0.178. The number of halogens is 1. The number of hydrogen-bond donors (Lipinski definition) is 0. The van der Waals surface area contributed by atoms with Gasteiger partial charge in [0.15, 0.2) is 9.84 Å². The van der Waals surface area contributed by atoms with Crippen LogP contribution < -0.4 is 0 Å². The highest BCUT2D eigenvalue weighted by atomic mass is 35.5. The summed E-state index contributed by atoms with van der Waals surface area (Å²) in [4.78, 5) is 6.32. The lowest BCUT2D eigenvalue weighted by Crippen LogP contribution is -2.47. The zero-order valence-corrected chi connectivity index (χ0v) is 15.8. The molecule has 0 saturated carbocycles. The lowest BCUT2D eigenvalue weighted by molar-refractivity contribution is 0.133. The molecule has 1 aliphatic heterocycles. The third kappa shape index (κ3) is 4.80. The fourth-order valence-corrected chi connectivity index (χ4v) is 5.26. The molecular weight excluding hydrogens is 364 g/mol. The summed E-state index contributed by atoms with van der Waals surface area (Å²) in [5.41, 5.74) is 0. The van der Waals surface area contributed by atoms with Crippen molar-refractivity contribution in [2.24, 2.45) is 0 Å². The zero-order chi connectivity index (χ0) is 17.0. The predicted octanol–water partition coefficient (Wildman–Crippen LogP) is 2.99. The molecule has 0 amide bonds. The van der Waals surface area contributed by atoms with Crippen LogP contribution in [0.1, 0.15) is 4.88 Å². The second-order valence-corrected chi connectivity index (χ2v) is 9.86. The number of benzene rings is 1. The van der Waals surface area contributed by atoms with Crippen molar-refractivity contribution in [1.29, 1.82) is 0 Å². The Kier molecular flexibility index (Phi) is 5.94. The molecule has 0 N–H and O–H groups in total. The molecule has 0 aliphatic carbocycles. The van der Waals surface area contributed by atoms with Gasteiger partial charge in [-0.2, -0.15) is 0 Å². The Morgan fingerprint density at radius 1 is 0.958 bits per heavy atom. The van der Waals surface area contributed by atoms with Gasteiger partial charge in [-0.1, -0.05) is 29.8 Å². The minimum absolute atomic E-state index is 0.178. The number of thiophene rings is 1. The van der Waals surface area contributed by atoms with E-state index in [1.165, 1.54) is 4.88 Å². The minimum Gasteiger partial charge on any atom is -0.300 e. The molecule has 0 radical (unpaired) electrons. The minimum atomic E-state index is -3.19. The Hall–Kier alpha value is -0.920. The summed E-state index contributed by atoms with van der Waals surface area (Å²) in [7, 11) is -3.19. The third-order valence-electron chi connectivity index (χ3n) is 4.25. The molecule has 2 heterocycles. The zero-order valence-electron chi connectivity index (χ0n) is 13.4. The van der Waals surface area contributed by atoms with E-state index in [4.69, 9.17) is 11.6 Å². The highest BCUT2D eigenvalue weighted by Crippen LogP contribution is 2.23. The Labute approximate surface area is 152 Å². The van der Waals surface area contributed by atoms with Gasteiger partial charge in [0.1, 0.15) is 0 Å². The van der Waals surface area contributed by atoms with E-state index in [2.05, 4.69) is 15.9 Å². The highest BCUT2D eigenvalue weighted by molar-refractivity contribution is 7.91. The van der Waals surface area contributed by atoms with E-state index in [0.29, 0.717) is 11.4 Å². The molecule has 0 unspecified atom stereocenters. The summed E-state index contributed by atoms with van der Waals surface area (Å²) in [5, 5.41) is 0. The third-order valence-corrected chi connectivity index (χ3v) is 7.18. The monoisotopic (exact) mass is 384 g/mol. The van der Waals surface area contributed by atoms with Gasteiger partial charge in [0.2, 0.25) is 0 Å². The van der Waals surface area contributed by atoms with Crippen LogP contribution >= 0.6 is 22.9 Å². The van der Waals surface area contributed by atoms with Crippen molar-refractivity contribution in [3.8, 4) is 0 Å². The number of nitrogens with zero attached hydrogens (tertiary/aromatic N) is 2. The molecule has 3 rings (SSSR count). The molecule has 0 spiro atoms.